The smallest absolute Gasteiger partial charge is 0.286 e. The summed E-state index contributed by atoms with van der Waals surface area (Å²) < 4.78 is 32.1. The first-order valence-electron chi connectivity index (χ1n) is 6.39. The van der Waals surface area contributed by atoms with Gasteiger partial charge in [-0.3, -0.25) is 9.45 Å². The maximum Gasteiger partial charge on any atom is 0.335 e. The molecule has 9 heteroatoms. The van der Waals surface area contributed by atoms with Gasteiger partial charge in [0.2, 0.25) is 0 Å². The lowest BCUT2D eigenvalue weighted by atomic mass is 10.3. The van der Waals surface area contributed by atoms with Gasteiger partial charge in [0.05, 0.1) is 50.4 Å². The fourth-order valence-electron chi connectivity index (χ4n) is 1.81. The lowest BCUT2D eigenvalue weighted by Crippen LogP contribution is -2.41. The predicted octanol–water partition coefficient (Wildman–Crippen LogP) is 0.947. The molecule has 0 aliphatic heterocycles. The SMILES string of the molecule is N#CCCN(CCC#N)c1scc[n+]1CCCS(=O)(=O)O. The van der Waals surface area contributed by atoms with Crippen molar-refractivity contribution in [2.75, 3.05) is 23.7 Å². The van der Waals surface area contributed by atoms with E-state index in [4.69, 9.17) is 15.1 Å². The third-order valence-corrected chi connectivity index (χ3v) is 4.48. The summed E-state index contributed by atoms with van der Waals surface area (Å²) in [6.07, 6.45) is 2.84. The van der Waals surface area contributed by atoms with Crippen molar-refractivity contribution in [2.45, 2.75) is 25.8 Å². The Morgan fingerprint density at radius 1 is 1.29 bits per heavy atom. The van der Waals surface area contributed by atoms with Gasteiger partial charge >= 0.3 is 5.13 Å². The molecule has 1 heterocycles. The number of hydrogen-bond donors (Lipinski definition) is 1. The van der Waals surface area contributed by atoms with Crippen LogP contribution < -0.4 is 9.47 Å². The van der Waals surface area contributed by atoms with Crippen molar-refractivity contribution in [1.82, 2.24) is 0 Å². The van der Waals surface area contributed by atoms with Crippen LogP contribution in [0.1, 0.15) is 19.3 Å². The molecule has 0 saturated heterocycles. The fraction of sp³-hybridized carbons (Fsp3) is 0.583. The van der Waals surface area contributed by atoms with Crippen LogP contribution in [-0.4, -0.2) is 31.8 Å². The highest BCUT2D eigenvalue weighted by atomic mass is 32.2. The first-order chi connectivity index (χ1) is 9.98. The van der Waals surface area contributed by atoms with E-state index in [1.807, 2.05) is 21.0 Å². The van der Waals surface area contributed by atoms with Crippen LogP contribution in [0.15, 0.2) is 11.6 Å². The molecule has 0 bridgehead atoms. The van der Waals surface area contributed by atoms with E-state index in [9.17, 15) is 8.42 Å². The standard InChI is InChI=1S/C12H16N4O3S2/c13-4-1-6-15(7-2-5-14)12-16(9-10-20-12)8-3-11-21(17,18)19/h9-10H,1-3,6-8,11H2/p+1. The average molecular weight is 329 g/mol. The van der Waals surface area contributed by atoms with Crippen molar-refractivity contribution in [2.24, 2.45) is 0 Å². The second kappa shape index (κ2) is 8.57. The molecule has 0 saturated carbocycles. The van der Waals surface area contributed by atoms with E-state index in [1.54, 1.807) is 0 Å². The molecule has 1 rings (SSSR count). The molecule has 0 unspecified atom stereocenters. The molecule has 21 heavy (non-hydrogen) atoms. The minimum Gasteiger partial charge on any atom is -0.286 e. The molecule has 0 radical (unpaired) electrons. The highest BCUT2D eigenvalue weighted by Crippen LogP contribution is 2.16. The highest BCUT2D eigenvalue weighted by Gasteiger charge is 2.21. The molecule has 114 valence electrons. The fourth-order valence-corrected chi connectivity index (χ4v) is 3.26. The van der Waals surface area contributed by atoms with E-state index in [-0.39, 0.29) is 5.75 Å². The van der Waals surface area contributed by atoms with Gasteiger partial charge in [-0.1, -0.05) is 11.3 Å². The largest absolute Gasteiger partial charge is 0.335 e. The summed E-state index contributed by atoms with van der Waals surface area (Å²) in [4.78, 5) is 1.95. The normalized spacial score (nSPS) is 10.8. The van der Waals surface area contributed by atoms with E-state index in [0.29, 0.717) is 38.9 Å². The summed E-state index contributed by atoms with van der Waals surface area (Å²) in [7, 11) is -3.95. The molecule has 0 aliphatic rings. The first kappa shape index (κ1) is 17.4. The van der Waals surface area contributed by atoms with Crippen LogP contribution in [0.4, 0.5) is 5.13 Å². The molecule has 1 N–H and O–H groups in total. The van der Waals surface area contributed by atoms with Crippen molar-refractivity contribution in [1.29, 1.82) is 10.5 Å². The Hall–Kier alpha value is -1.68. The van der Waals surface area contributed by atoms with Crippen molar-refractivity contribution in [3.63, 3.8) is 0 Å². The Morgan fingerprint density at radius 2 is 1.90 bits per heavy atom. The van der Waals surface area contributed by atoms with Crippen LogP contribution in [0.2, 0.25) is 0 Å². The number of nitrogens with zero attached hydrogens (tertiary/aromatic N) is 4. The average Bonchev–Trinajstić information content (AvgIpc) is 2.86. The Morgan fingerprint density at radius 3 is 2.43 bits per heavy atom. The number of anilines is 1. The molecule has 0 atom stereocenters. The predicted molar refractivity (Wildman–Crippen MR) is 78.2 cm³/mol. The summed E-state index contributed by atoms with van der Waals surface area (Å²) in [6, 6.07) is 4.16. The molecule has 0 spiro atoms. The maximum atomic E-state index is 10.7. The summed E-state index contributed by atoms with van der Waals surface area (Å²) in [5, 5.41) is 20.2. The summed E-state index contributed by atoms with van der Waals surface area (Å²) in [5.74, 6) is -0.286. The van der Waals surface area contributed by atoms with Gasteiger partial charge in [-0.25, -0.2) is 4.57 Å². The summed E-state index contributed by atoms with van der Waals surface area (Å²) in [6.45, 7) is 1.50. The van der Waals surface area contributed by atoms with Gasteiger partial charge in [0.25, 0.3) is 10.1 Å². The van der Waals surface area contributed by atoms with Gasteiger partial charge in [-0.2, -0.15) is 18.9 Å². The van der Waals surface area contributed by atoms with Crippen molar-refractivity contribution in [3.8, 4) is 12.1 Å². The lowest BCUT2D eigenvalue weighted by Gasteiger charge is -2.14. The van der Waals surface area contributed by atoms with E-state index in [2.05, 4.69) is 12.1 Å². The Bertz CT molecular complexity index is 610. The molecule has 0 fully saturated rings. The van der Waals surface area contributed by atoms with Crippen LogP contribution in [0.5, 0.6) is 0 Å². The molecule has 0 amide bonds. The zero-order valence-corrected chi connectivity index (χ0v) is 13.1. The van der Waals surface area contributed by atoms with Crippen LogP contribution in [0.3, 0.4) is 0 Å². The van der Waals surface area contributed by atoms with E-state index >= 15 is 0 Å². The minimum atomic E-state index is -3.95. The number of aryl methyl sites for hydroxylation is 1. The number of aromatic nitrogens is 1. The van der Waals surface area contributed by atoms with Gasteiger partial charge in [-0.05, 0) is 0 Å². The lowest BCUT2D eigenvalue weighted by molar-refractivity contribution is -0.680. The second-order valence-corrected chi connectivity index (χ2v) is 6.77. The van der Waals surface area contributed by atoms with Crippen LogP contribution >= 0.6 is 11.3 Å². The monoisotopic (exact) mass is 329 g/mol. The Labute approximate surface area is 128 Å². The van der Waals surface area contributed by atoms with E-state index < -0.39 is 10.1 Å². The molecule has 1 aromatic heterocycles. The van der Waals surface area contributed by atoms with E-state index in [1.165, 1.54) is 11.3 Å². The van der Waals surface area contributed by atoms with E-state index in [0.717, 1.165) is 5.13 Å². The number of thiazole rings is 1. The quantitative estimate of drug-likeness (QED) is 0.533. The van der Waals surface area contributed by atoms with Crippen molar-refractivity contribution >= 4 is 26.6 Å². The molecular weight excluding hydrogens is 312 g/mol. The van der Waals surface area contributed by atoms with Gasteiger partial charge in [0.15, 0.2) is 0 Å². The second-order valence-electron chi connectivity index (χ2n) is 4.32. The number of hydrogen-bond acceptors (Lipinski definition) is 6. The third-order valence-electron chi connectivity index (χ3n) is 2.72. The number of nitriles is 2. The zero-order valence-electron chi connectivity index (χ0n) is 11.5. The van der Waals surface area contributed by atoms with Crippen molar-refractivity contribution in [3.05, 3.63) is 11.6 Å². The molecule has 1 aromatic rings. The molecule has 0 aliphatic carbocycles. The summed E-state index contributed by atoms with van der Waals surface area (Å²) in [5.41, 5.74) is 0. The van der Waals surface area contributed by atoms with Crippen LogP contribution in [0.25, 0.3) is 0 Å². The maximum absolute atomic E-state index is 10.7. The van der Waals surface area contributed by atoms with Crippen LogP contribution in [0, 0.1) is 22.7 Å². The van der Waals surface area contributed by atoms with Gasteiger partial charge in [0, 0.05) is 11.8 Å². The van der Waals surface area contributed by atoms with Gasteiger partial charge in [-0.15, -0.1) is 0 Å². The third kappa shape index (κ3) is 6.54. The first-order valence-corrected chi connectivity index (χ1v) is 8.87. The molecule has 0 aromatic carbocycles. The van der Waals surface area contributed by atoms with Crippen molar-refractivity contribution < 1.29 is 17.5 Å². The number of rotatable bonds is 9. The topological polar surface area (TPSA) is 109 Å². The van der Waals surface area contributed by atoms with Gasteiger partial charge < -0.3 is 0 Å². The highest BCUT2D eigenvalue weighted by molar-refractivity contribution is 7.85. The van der Waals surface area contributed by atoms with Crippen LogP contribution in [-0.2, 0) is 16.7 Å². The Kier molecular flexibility index (Phi) is 7.09. The van der Waals surface area contributed by atoms with Gasteiger partial charge in [0.1, 0.15) is 6.20 Å². The molecular formula is C12H17N4O3S2+. The zero-order chi connectivity index (χ0) is 15.7. The molecule has 7 nitrogen and oxygen atoms in total. The Balaban J connectivity index is 2.73. The minimum absolute atomic E-state index is 0.286. The summed E-state index contributed by atoms with van der Waals surface area (Å²) >= 11 is 1.47.